The number of benzene rings is 2. The average Bonchev–Trinajstić information content (AvgIpc) is 3.70. The number of anilines is 1. The van der Waals surface area contributed by atoms with Crippen LogP contribution in [-0.2, 0) is 9.53 Å². The van der Waals surface area contributed by atoms with Crippen molar-refractivity contribution in [3.63, 3.8) is 0 Å². The van der Waals surface area contributed by atoms with Crippen molar-refractivity contribution in [2.45, 2.75) is 50.4 Å². The Kier molecular flexibility index (Phi) is 6.72. The summed E-state index contributed by atoms with van der Waals surface area (Å²) in [6.07, 6.45) is 3.66. The van der Waals surface area contributed by atoms with E-state index in [9.17, 15) is 14.4 Å². The first-order valence-corrected chi connectivity index (χ1v) is 12.3. The maximum Gasteiger partial charge on any atom is 0.257 e. The van der Waals surface area contributed by atoms with Crippen LogP contribution in [0.3, 0.4) is 0 Å². The van der Waals surface area contributed by atoms with Crippen LogP contribution in [0.25, 0.3) is 0 Å². The lowest BCUT2D eigenvalue weighted by molar-refractivity contribution is -0.134. The van der Waals surface area contributed by atoms with Crippen molar-refractivity contribution in [3.05, 3.63) is 59.7 Å². The Hall–Kier alpha value is -3.39. The monoisotopic (exact) mass is 477 g/mol. The lowest BCUT2D eigenvalue weighted by Crippen LogP contribution is -2.54. The third-order valence-corrected chi connectivity index (χ3v) is 7.00. The molecule has 2 fully saturated rings. The van der Waals surface area contributed by atoms with Crippen molar-refractivity contribution in [1.29, 1.82) is 0 Å². The van der Waals surface area contributed by atoms with Gasteiger partial charge in [-0.05, 0) is 61.9 Å². The van der Waals surface area contributed by atoms with E-state index >= 15 is 0 Å². The molecule has 0 unspecified atom stereocenters. The molecule has 2 N–H and O–H groups in total. The van der Waals surface area contributed by atoms with Gasteiger partial charge in [0.05, 0.1) is 24.1 Å². The average molecular weight is 478 g/mol. The molecule has 2 aromatic carbocycles. The second kappa shape index (κ2) is 10.1. The number of fused-ring (bicyclic) bond motifs is 2. The third-order valence-electron chi connectivity index (χ3n) is 7.00. The Labute approximate surface area is 205 Å². The minimum atomic E-state index is -0.315. The molecule has 2 heterocycles. The Balaban J connectivity index is 1.25. The van der Waals surface area contributed by atoms with Gasteiger partial charge in [-0.25, -0.2) is 0 Å². The highest BCUT2D eigenvalue weighted by Gasteiger charge is 2.39. The fourth-order valence-electron chi connectivity index (χ4n) is 4.76. The van der Waals surface area contributed by atoms with Crippen LogP contribution in [0.15, 0.2) is 48.5 Å². The fourth-order valence-corrected chi connectivity index (χ4v) is 4.76. The summed E-state index contributed by atoms with van der Waals surface area (Å²) in [5.41, 5.74) is 1.47. The summed E-state index contributed by atoms with van der Waals surface area (Å²) in [7, 11) is 1.77. The number of carbonyl (C=O) groups is 3. The van der Waals surface area contributed by atoms with Gasteiger partial charge < -0.3 is 25.0 Å². The number of nitrogens with zero attached hydrogens (tertiary/aromatic N) is 1. The Morgan fingerprint density at radius 3 is 2.63 bits per heavy atom. The molecule has 1 aliphatic carbocycles. The van der Waals surface area contributed by atoms with Crippen molar-refractivity contribution in [2.24, 2.45) is 5.92 Å². The maximum atomic E-state index is 13.4. The van der Waals surface area contributed by atoms with Crippen molar-refractivity contribution in [1.82, 2.24) is 10.2 Å². The van der Waals surface area contributed by atoms with E-state index in [1.807, 2.05) is 6.07 Å². The van der Waals surface area contributed by atoms with E-state index in [1.54, 1.807) is 54.4 Å². The highest BCUT2D eigenvalue weighted by molar-refractivity contribution is 6.05. The zero-order valence-corrected chi connectivity index (χ0v) is 19.9. The summed E-state index contributed by atoms with van der Waals surface area (Å²) >= 11 is 0. The summed E-state index contributed by atoms with van der Waals surface area (Å²) < 4.78 is 12.3. The number of rotatable bonds is 6. The molecule has 35 heavy (non-hydrogen) atoms. The molecule has 0 spiro atoms. The summed E-state index contributed by atoms with van der Waals surface area (Å²) in [5, 5.41) is 5.85. The van der Waals surface area contributed by atoms with Crippen LogP contribution in [0.1, 0.15) is 52.8 Å². The van der Waals surface area contributed by atoms with E-state index in [1.165, 1.54) is 12.8 Å². The first kappa shape index (κ1) is 23.4. The fraction of sp³-hybridized carbons (Fsp3) is 0.444. The van der Waals surface area contributed by atoms with Gasteiger partial charge in [0.2, 0.25) is 5.91 Å². The van der Waals surface area contributed by atoms with Gasteiger partial charge in [-0.2, -0.15) is 0 Å². The van der Waals surface area contributed by atoms with Gasteiger partial charge in [0.1, 0.15) is 18.5 Å². The van der Waals surface area contributed by atoms with Crippen LogP contribution in [-0.4, -0.2) is 61.1 Å². The zero-order valence-electron chi connectivity index (χ0n) is 19.9. The smallest absolute Gasteiger partial charge is 0.257 e. The van der Waals surface area contributed by atoms with E-state index in [2.05, 4.69) is 10.6 Å². The van der Waals surface area contributed by atoms with Gasteiger partial charge in [0, 0.05) is 24.8 Å². The van der Waals surface area contributed by atoms with Gasteiger partial charge in [-0.15, -0.1) is 0 Å². The molecule has 0 aromatic heterocycles. The minimum absolute atomic E-state index is 0.0203. The quantitative estimate of drug-likeness (QED) is 0.666. The molecule has 8 nitrogen and oxygen atoms in total. The van der Waals surface area contributed by atoms with Crippen molar-refractivity contribution in [3.8, 4) is 5.75 Å². The summed E-state index contributed by atoms with van der Waals surface area (Å²) in [6.45, 7) is 1.04. The Morgan fingerprint density at radius 2 is 1.86 bits per heavy atom. The van der Waals surface area contributed by atoms with E-state index in [-0.39, 0.29) is 42.6 Å². The maximum absolute atomic E-state index is 13.4. The lowest BCUT2D eigenvalue weighted by Gasteiger charge is -2.42. The number of carbonyl (C=O) groups excluding carboxylic acids is 3. The Morgan fingerprint density at radius 1 is 1.06 bits per heavy atom. The lowest BCUT2D eigenvalue weighted by atomic mass is 9.94. The standard InChI is InChI=1S/C27H31N3O5/c1-30-22-11-10-20(14-25(31)28-15-17-7-8-17)35-24(22)16-34-23-12-9-19(13-21(23)27(30)33)29-26(32)18-5-3-2-4-6-18/h2-6,9,12-13,17,20,22,24H,7-8,10-11,14-16H2,1H3,(H,28,31)(H,29,32)/t20-,22+,24+/m0/s1. The normalized spacial score (nSPS) is 23.7. The highest BCUT2D eigenvalue weighted by atomic mass is 16.5. The summed E-state index contributed by atoms with van der Waals surface area (Å²) in [5.74, 6) is 0.681. The highest BCUT2D eigenvalue weighted by Crippen LogP contribution is 2.33. The van der Waals surface area contributed by atoms with E-state index < -0.39 is 0 Å². The van der Waals surface area contributed by atoms with Crippen molar-refractivity contribution < 1.29 is 23.9 Å². The molecule has 2 aliphatic heterocycles. The molecule has 1 saturated carbocycles. The van der Waals surface area contributed by atoms with Crippen LogP contribution in [0.2, 0.25) is 0 Å². The zero-order chi connectivity index (χ0) is 24.4. The van der Waals surface area contributed by atoms with E-state index in [4.69, 9.17) is 9.47 Å². The number of nitrogens with one attached hydrogen (secondary N) is 2. The molecule has 0 bridgehead atoms. The number of hydrogen-bond donors (Lipinski definition) is 2. The van der Waals surface area contributed by atoms with Gasteiger partial charge in [-0.1, -0.05) is 18.2 Å². The molecule has 1 saturated heterocycles. The first-order valence-electron chi connectivity index (χ1n) is 12.3. The molecule has 2 aromatic rings. The third kappa shape index (κ3) is 5.48. The topological polar surface area (TPSA) is 97.0 Å². The number of amides is 3. The molecule has 8 heteroatoms. The number of likely N-dealkylation sites (N-methyl/N-ethyl adjacent to an activating group) is 1. The molecular weight excluding hydrogens is 446 g/mol. The van der Waals surface area contributed by atoms with Gasteiger partial charge >= 0.3 is 0 Å². The SMILES string of the molecule is CN1C(=O)c2cc(NC(=O)c3ccccc3)ccc2OC[C@H]2O[C@H](CC(=O)NCC3CC3)CC[C@H]21. The number of hydrogen-bond acceptors (Lipinski definition) is 5. The van der Waals surface area contributed by atoms with Crippen molar-refractivity contribution in [2.75, 3.05) is 25.5 Å². The molecule has 3 atom stereocenters. The van der Waals surface area contributed by atoms with E-state index in [0.717, 1.165) is 13.0 Å². The second-order valence-corrected chi connectivity index (χ2v) is 9.65. The number of ether oxygens (including phenoxy) is 2. The van der Waals surface area contributed by atoms with Gasteiger partial charge in [0.15, 0.2) is 0 Å². The molecule has 3 aliphatic rings. The molecule has 5 rings (SSSR count). The van der Waals surface area contributed by atoms with Crippen LogP contribution in [0.4, 0.5) is 5.69 Å². The van der Waals surface area contributed by atoms with Crippen LogP contribution in [0, 0.1) is 5.92 Å². The minimum Gasteiger partial charge on any atom is -0.490 e. The van der Waals surface area contributed by atoms with Gasteiger partial charge in [0.25, 0.3) is 11.8 Å². The van der Waals surface area contributed by atoms with Crippen LogP contribution >= 0.6 is 0 Å². The summed E-state index contributed by atoms with van der Waals surface area (Å²) in [4.78, 5) is 39.9. The van der Waals surface area contributed by atoms with Crippen LogP contribution < -0.4 is 15.4 Å². The largest absolute Gasteiger partial charge is 0.490 e. The molecule has 184 valence electrons. The second-order valence-electron chi connectivity index (χ2n) is 9.65. The van der Waals surface area contributed by atoms with Gasteiger partial charge in [-0.3, -0.25) is 14.4 Å². The first-order chi connectivity index (χ1) is 17.0. The summed E-state index contributed by atoms with van der Waals surface area (Å²) in [6, 6.07) is 13.9. The predicted octanol–water partition coefficient (Wildman–Crippen LogP) is 3.24. The van der Waals surface area contributed by atoms with Crippen molar-refractivity contribution >= 4 is 23.4 Å². The van der Waals surface area contributed by atoms with Crippen LogP contribution in [0.5, 0.6) is 5.75 Å². The predicted molar refractivity (Wildman–Crippen MR) is 130 cm³/mol. The molecule has 0 radical (unpaired) electrons. The van der Waals surface area contributed by atoms with E-state index in [0.29, 0.717) is 41.3 Å². The Bertz CT molecular complexity index is 1100. The molecular formula is C27H31N3O5. The molecule has 3 amide bonds.